The van der Waals surface area contributed by atoms with Gasteiger partial charge in [0.1, 0.15) is 23.4 Å². The van der Waals surface area contributed by atoms with Crippen LogP contribution in [-0.4, -0.2) is 15.8 Å². The first-order valence-corrected chi connectivity index (χ1v) is 6.32. The molecule has 0 aliphatic carbocycles. The Morgan fingerprint density at radius 1 is 1.32 bits per heavy atom. The highest BCUT2D eigenvalue weighted by atomic mass is 19.1. The molecule has 1 aromatic heterocycles. The number of aryl methyl sites for hydroxylation is 1. The Labute approximate surface area is 125 Å². The van der Waals surface area contributed by atoms with Crippen LogP contribution >= 0.6 is 0 Å². The molecule has 0 bridgehead atoms. The molecule has 0 saturated heterocycles. The molecule has 0 saturated carbocycles. The van der Waals surface area contributed by atoms with E-state index in [9.17, 15) is 19.3 Å². The third-order valence-electron chi connectivity index (χ3n) is 3.03. The number of rotatable bonds is 5. The first-order chi connectivity index (χ1) is 10.4. The van der Waals surface area contributed by atoms with E-state index >= 15 is 0 Å². The zero-order chi connectivity index (χ0) is 16.3. The number of hydrogen-bond donors (Lipinski definition) is 2. The highest BCUT2D eigenvalue weighted by Gasteiger charge is 2.19. The van der Waals surface area contributed by atoms with Crippen molar-refractivity contribution in [2.75, 3.05) is 5.32 Å². The van der Waals surface area contributed by atoms with Gasteiger partial charge < -0.3 is 11.1 Å². The fraction of sp³-hybridized carbons (Fsp3) is 0.143. The predicted octanol–water partition coefficient (Wildman–Crippen LogP) is 2.08. The maximum Gasteiger partial charge on any atom is 0.290 e. The molecule has 2 rings (SSSR count). The number of nitrogens with one attached hydrogen (secondary N) is 1. The average Bonchev–Trinajstić information content (AvgIpc) is 2.45. The summed E-state index contributed by atoms with van der Waals surface area (Å²) in [5, 5.41) is 13.5. The van der Waals surface area contributed by atoms with Crippen molar-refractivity contribution in [3.8, 4) is 0 Å². The molecule has 22 heavy (non-hydrogen) atoms. The van der Waals surface area contributed by atoms with E-state index in [-0.39, 0.29) is 17.2 Å². The lowest BCUT2D eigenvalue weighted by Crippen LogP contribution is -2.28. The SMILES string of the molecule is Cc1nc(NC(C(N)=O)c2ccc(F)cc2)ccc1[N+](=O)[O-]. The van der Waals surface area contributed by atoms with E-state index in [1.165, 1.54) is 43.3 Å². The van der Waals surface area contributed by atoms with Crippen LogP contribution < -0.4 is 11.1 Å². The summed E-state index contributed by atoms with van der Waals surface area (Å²) in [4.78, 5) is 25.8. The lowest BCUT2D eigenvalue weighted by Gasteiger charge is -2.16. The molecule has 2 aromatic rings. The van der Waals surface area contributed by atoms with Gasteiger partial charge in [-0.1, -0.05) is 12.1 Å². The average molecular weight is 304 g/mol. The first kappa shape index (κ1) is 15.4. The molecule has 1 aromatic carbocycles. The first-order valence-electron chi connectivity index (χ1n) is 6.32. The summed E-state index contributed by atoms with van der Waals surface area (Å²) >= 11 is 0. The van der Waals surface area contributed by atoms with Crippen LogP contribution in [0, 0.1) is 22.9 Å². The fourth-order valence-corrected chi connectivity index (χ4v) is 1.95. The minimum atomic E-state index is -0.922. The Balaban J connectivity index is 2.29. The number of halogens is 1. The Morgan fingerprint density at radius 3 is 2.45 bits per heavy atom. The molecule has 0 spiro atoms. The number of amides is 1. The van der Waals surface area contributed by atoms with Gasteiger partial charge in [-0.25, -0.2) is 9.37 Å². The maximum absolute atomic E-state index is 12.9. The smallest absolute Gasteiger partial charge is 0.290 e. The van der Waals surface area contributed by atoms with Gasteiger partial charge in [-0.05, 0) is 30.7 Å². The fourth-order valence-electron chi connectivity index (χ4n) is 1.95. The zero-order valence-electron chi connectivity index (χ0n) is 11.6. The van der Waals surface area contributed by atoms with Crippen molar-refractivity contribution in [3.63, 3.8) is 0 Å². The number of pyridine rings is 1. The van der Waals surface area contributed by atoms with Crippen molar-refractivity contribution < 1.29 is 14.1 Å². The standard InChI is InChI=1S/C14H13FN4O3/c1-8-11(19(21)22)6-7-12(17-8)18-13(14(16)20)9-2-4-10(15)5-3-9/h2-7,13H,1H3,(H2,16,20)(H,17,18). The highest BCUT2D eigenvalue weighted by Crippen LogP contribution is 2.22. The Hall–Kier alpha value is -3.03. The summed E-state index contributed by atoms with van der Waals surface area (Å²) in [6, 6.07) is 7.02. The van der Waals surface area contributed by atoms with Crippen molar-refractivity contribution in [1.82, 2.24) is 4.98 Å². The molecule has 1 amide bonds. The summed E-state index contributed by atoms with van der Waals surface area (Å²) in [6.45, 7) is 1.49. The third kappa shape index (κ3) is 3.35. The minimum Gasteiger partial charge on any atom is -0.368 e. The quantitative estimate of drug-likeness (QED) is 0.649. The van der Waals surface area contributed by atoms with Gasteiger partial charge in [-0.15, -0.1) is 0 Å². The summed E-state index contributed by atoms with van der Waals surface area (Å²) in [5.41, 5.74) is 5.89. The third-order valence-corrected chi connectivity index (χ3v) is 3.03. The second kappa shape index (κ2) is 6.17. The Morgan fingerprint density at radius 2 is 1.95 bits per heavy atom. The number of nitrogens with two attached hydrogens (primary N) is 1. The van der Waals surface area contributed by atoms with Gasteiger partial charge in [0.25, 0.3) is 5.69 Å². The molecular weight excluding hydrogens is 291 g/mol. The van der Waals surface area contributed by atoms with E-state index in [0.29, 0.717) is 5.56 Å². The maximum atomic E-state index is 12.9. The second-order valence-electron chi connectivity index (χ2n) is 4.59. The second-order valence-corrected chi connectivity index (χ2v) is 4.59. The number of anilines is 1. The van der Waals surface area contributed by atoms with Crippen molar-refractivity contribution >= 4 is 17.4 Å². The molecule has 1 unspecified atom stereocenters. The van der Waals surface area contributed by atoms with E-state index in [0.717, 1.165) is 0 Å². The molecule has 114 valence electrons. The molecule has 3 N–H and O–H groups in total. The van der Waals surface area contributed by atoms with Crippen molar-refractivity contribution in [2.45, 2.75) is 13.0 Å². The molecule has 8 heteroatoms. The topological polar surface area (TPSA) is 111 Å². The Kier molecular flexibility index (Phi) is 4.31. The number of nitro groups is 1. The summed E-state index contributed by atoms with van der Waals surface area (Å²) < 4.78 is 12.9. The van der Waals surface area contributed by atoms with Gasteiger partial charge in [-0.2, -0.15) is 0 Å². The van der Waals surface area contributed by atoms with E-state index in [1.807, 2.05) is 0 Å². The van der Waals surface area contributed by atoms with Crippen LogP contribution in [0.25, 0.3) is 0 Å². The van der Waals surface area contributed by atoms with Gasteiger partial charge >= 0.3 is 0 Å². The number of primary amides is 1. The van der Waals surface area contributed by atoms with Crippen molar-refractivity contribution in [2.24, 2.45) is 5.73 Å². The minimum absolute atomic E-state index is 0.122. The molecule has 0 radical (unpaired) electrons. The van der Waals surface area contributed by atoms with Gasteiger partial charge in [0.15, 0.2) is 0 Å². The van der Waals surface area contributed by atoms with Crippen LogP contribution in [0.5, 0.6) is 0 Å². The highest BCUT2D eigenvalue weighted by molar-refractivity contribution is 5.84. The zero-order valence-corrected chi connectivity index (χ0v) is 11.6. The van der Waals surface area contributed by atoms with E-state index in [1.54, 1.807) is 0 Å². The number of hydrogen-bond acceptors (Lipinski definition) is 5. The van der Waals surface area contributed by atoms with E-state index in [4.69, 9.17) is 5.73 Å². The van der Waals surface area contributed by atoms with Gasteiger partial charge in [0, 0.05) is 6.07 Å². The van der Waals surface area contributed by atoms with Crippen LogP contribution in [0.3, 0.4) is 0 Å². The number of aromatic nitrogens is 1. The molecule has 1 heterocycles. The summed E-state index contributed by atoms with van der Waals surface area (Å²) in [7, 11) is 0. The normalized spacial score (nSPS) is 11.7. The van der Waals surface area contributed by atoms with E-state index in [2.05, 4.69) is 10.3 Å². The van der Waals surface area contributed by atoms with Crippen LogP contribution in [0.15, 0.2) is 36.4 Å². The van der Waals surface area contributed by atoms with Gasteiger partial charge in [0.2, 0.25) is 5.91 Å². The van der Waals surface area contributed by atoms with Crippen LogP contribution in [-0.2, 0) is 4.79 Å². The number of nitrogens with zero attached hydrogens (tertiary/aromatic N) is 2. The lowest BCUT2D eigenvalue weighted by atomic mass is 10.1. The number of carbonyl (C=O) groups excluding carboxylic acids is 1. The van der Waals surface area contributed by atoms with Crippen LogP contribution in [0.1, 0.15) is 17.3 Å². The van der Waals surface area contributed by atoms with E-state index < -0.39 is 22.7 Å². The van der Waals surface area contributed by atoms with Gasteiger partial charge in [-0.3, -0.25) is 14.9 Å². The number of benzene rings is 1. The van der Waals surface area contributed by atoms with Crippen LogP contribution in [0.2, 0.25) is 0 Å². The lowest BCUT2D eigenvalue weighted by molar-refractivity contribution is -0.385. The molecule has 0 aliphatic heterocycles. The van der Waals surface area contributed by atoms with Crippen molar-refractivity contribution in [1.29, 1.82) is 0 Å². The molecular formula is C14H13FN4O3. The molecule has 0 fully saturated rings. The van der Waals surface area contributed by atoms with Crippen LogP contribution in [0.4, 0.5) is 15.9 Å². The Bertz CT molecular complexity index is 719. The largest absolute Gasteiger partial charge is 0.368 e. The number of carbonyl (C=O) groups is 1. The van der Waals surface area contributed by atoms with Gasteiger partial charge in [0.05, 0.1) is 4.92 Å². The predicted molar refractivity (Wildman–Crippen MR) is 77.6 cm³/mol. The molecule has 7 nitrogen and oxygen atoms in total. The summed E-state index contributed by atoms with van der Waals surface area (Å²) in [5.74, 6) is -0.850. The van der Waals surface area contributed by atoms with Crippen molar-refractivity contribution in [3.05, 3.63) is 63.6 Å². The summed E-state index contributed by atoms with van der Waals surface area (Å²) in [6.07, 6.45) is 0. The molecule has 1 atom stereocenters. The molecule has 0 aliphatic rings. The monoisotopic (exact) mass is 304 g/mol.